The summed E-state index contributed by atoms with van der Waals surface area (Å²) < 4.78 is 0. The van der Waals surface area contributed by atoms with Crippen LogP contribution < -0.4 is 5.32 Å². The number of amides is 1. The quantitative estimate of drug-likeness (QED) is 0.793. The lowest BCUT2D eigenvalue weighted by Crippen LogP contribution is -2.37. The molecule has 0 aliphatic heterocycles. The summed E-state index contributed by atoms with van der Waals surface area (Å²) in [6.07, 6.45) is 0.933. The third-order valence-electron chi connectivity index (χ3n) is 2.52. The topological polar surface area (TPSA) is 49.3 Å². The van der Waals surface area contributed by atoms with Crippen molar-refractivity contribution in [3.8, 4) is 5.75 Å². The smallest absolute Gasteiger partial charge is 0.233 e. The lowest BCUT2D eigenvalue weighted by molar-refractivity contribution is -0.120. The minimum absolute atomic E-state index is 0.0532. The number of carbonyl (C=O) groups excluding carboxylic acids is 1. The first-order valence-electron chi connectivity index (χ1n) is 5.79. The Hall–Kier alpha value is -1.16. The van der Waals surface area contributed by atoms with Crippen LogP contribution in [0.15, 0.2) is 29.2 Å². The van der Waals surface area contributed by atoms with Gasteiger partial charge in [0.2, 0.25) is 5.91 Å². The second kappa shape index (κ2) is 6.55. The van der Waals surface area contributed by atoms with Gasteiger partial charge in [-0.2, -0.15) is 0 Å². The molecule has 1 aromatic carbocycles. The fourth-order valence-corrected chi connectivity index (χ4v) is 2.12. The van der Waals surface area contributed by atoms with Crippen LogP contribution in [0.3, 0.4) is 0 Å². The molecule has 0 aliphatic rings. The molecule has 1 aromatic rings. The molecule has 2 unspecified atom stereocenters. The Balaban J connectivity index is 2.51. The van der Waals surface area contributed by atoms with Crippen molar-refractivity contribution in [1.29, 1.82) is 0 Å². The first kappa shape index (κ1) is 13.9. The molecular weight excluding hydrogens is 234 g/mol. The van der Waals surface area contributed by atoms with Gasteiger partial charge in [0, 0.05) is 10.9 Å². The summed E-state index contributed by atoms with van der Waals surface area (Å²) in [6, 6.07) is 7.09. The summed E-state index contributed by atoms with van der Waals surface area (Å²) in [4.78, 5) is 12.8. The predicted molar refractivity (Wildman–Crippen MR) is 71.3 cm³/mol. The Morgan fingerprint density at radius 1 is 1.35 bits per heavy atom. The van der Waals surface area contributed by atoms with Crippen LogP contribution in [0.2, 0.25) is 0 Å². The molecule has 2 atom stereocenters. The van der Waals surface area contributed by atoms with Crippen LogP contribution in [0.4, 0.5) is 0 Å². The van der Waals surface area contributed by atoms with Crippen molar-refractivity contribution in [3.63, 3.8) is 0 Å². The Labute approximate surface area is 107 Å². The summed E-state index contributed by atoms with van der Waals surface area (Å²) >= 11 is 1.49. The van der Waals surface area contributed by atoms with Gasteiger partial charge in [-0.15, -0.1) is 11.8 Å². The van der Waals surface area contributed by atoms with E-state index in [0.717, 1.165) is 11.3 Å². The van der Waals surface area contributed by atoms with Gasteiger partial charge in [-0.3, -0.25) is 4.79 Å². The highest BCUT2D eigenvalue weighted by Gasteiger charge is 2.15. The molecule has 0 radical (unpaired) electrons. The molecule has 2 N–H and O–H groups in total. The fraction of sp³-hybridized carbons (Fsp3) is 0.462. The van der Waals surface area contributed by atoms with E-state index in [4.69, 9.17) is 5.11 Å². The van der Waals surface area contributed by atoms with Gasteiger partial charge >= 0.3 is 0 Å². The van der Waals surface area contributed by atoms with Crippen LogP contribution in [0, 0.1) is 0 Å². The molecule has 94 valence electrons. The van der Waals surface area contributed by atoms with E-state index in [1.807, 2.05) is 32.9 Å². The van der Waals surface area contributed by atoms with Gasteiger partial charge in [-0.05, 0) is 44.5 Å². The lowest BCUT2D eigenvalue weighted by Gasteiger charge is -2.15. The Kier molecular flexibility index (Phi) is 5.35. The maximum absolute atomic E-state index is 11.8. The highest BCUT2D eigenvalue weighted by atomic mass is 32.2. The SMILES string of the molecule is CCC(C)NC(=O)C(C)Sc1ccc(O)cc1. The van der Waals surface area contributed by atoms with E-state index in [-0.39, 0.29) is 22.9 Å². The summed E-state index contributed by atoms with van der Waals surface area (Å²) in [5.74, 6) is 0.295. The number of hydrogen-bond donors (Lipinski definition) is 2. The predicted octanol–water partition coefficient (Wildman–Crippen LogP) is 2.79. The second-order valence-electron chi connectivity index (χ2n) is 4.07. The molecule has 1 amide bonds. The molecule has 0 heterocycles. The van der Waals surface area contributed by atoms with E-state index in [0.29, 0.717) is 0 Å². The van der Waals surface area contributed by atoms with Gasteiger partial charge in [0.05, 0.1) is 5.25 Å². The van der Waals surface area contributed by atoms with Crippen LogP contribution in [0.5, 0.6) is 5.75 Å². The first-order chi connectivity index (χ1) is 8.02. The number of benzene rings is 1. The zero-order chi connectivity index (χ0) is 12.8. The van der Waals surface area contributed by atoms with E-state index in [2.05, 4.69) is 5.32 Å². The average Bonchev–Trinajstić information content (AvgIpc) is 2.31. The summed E-state index contributed by atoms with van der Waals surface area (Å²) in [5.41, 5.74) is 0. The van der Waals surface area contributed by atoms with Crippen molar-refractivity contribution in [3.05, 3.63) is 24.3 Å². The van der Waals surface area contributed by atoms with E-state index >= 15 is 0 Å². The number of hydrogen-bond acceptors (Lipinski definition) is 3. The van der Waals surface area contributed by atoms with Gasteiger partial charge in [-0.1, -0.05) is 6.92 Å². The number of rotatable bonds is 5. The van der Waals surface area contributed by atoms with E-state index in [9.17, 15) is 4.79 Å². The van der Waals surface area contributed by atoms with Crippen molar-refractivity contribution < 1.29 is 9.90 Å². The zero-order valence-corrected chi connectivity index (χ0v) is 11.3. The van der Waals surface area contributed by atoms with Gasteiger partial charge in [0.1, 0.15) is 5.75 Å². The summed E-state index contributed by atoms with van der Waals surface area (Å²) in [7, 11) is 0. The standard InChI is InChI=1S/C13H19NO2S/c1-4-9(2)14-13(16)10(3)17-12-7-5-11(15)6-8-12/h5-10,15H,4H2,1-3H3,(H,14,16). The number of phenolic OH excluding ortho intramolecular Hbond substituents is 1. The Morgan fingerprint density at radius 3 is 2.47 bits per heavy atom. The molecule has 0 saturated carbocycles. The van der Waals surface area contributed by atoms with Crippen molar-refractivity contribution >= 4 is 17.7 Å². The fourth-order valence-electron chi connectivity index (χ4n) is 1.24. The summed E-state index contributed by atoms with van der Waals surface area (Å²) in [5, 5.41) is 12.0. The molecule has 0 bridgehead atoms. The zero-order valence-electron chi connectivity index (χ0n) is 10.4. The minimum Gasteiger partial charge on any atom is -0.508 e. The van der Waals surface area contributed by atoms with Gasteiger partial charge < -0.3 is 10.4 Å². The minimum atomic E-state index is -0.131. The number of thioether (sulfide) groups is 1. The van der Waals surface area contributed by atoms with Crippen LogP contribution >= 0.6 is 11.8 Å². The van der Waals surface area contributed by atoms with Crippen LogP contribution in [-0.2, 0) is 4.79 Å². The number of nitrogens with one attached hydrogen (secondary N) is 1. The molecule has 1 rings (SSSR count). The van der Waals surface area contributed by atoms with E-state index in [1.165, 1.54) is 11.8 Å². The normalized spacial score (nSPS) is 14.1. The lowest BCUT2D eigenvalue weighted by atomic mass is 10.2. The molecular formula is C13H19NO2S. The molecule has 0 spiro atoms. The molecule has 0 fully saturated rings. The van der Waals surface area contributed by atoms with Gasteiger partial charge in [0.25, 0.3) is 0 Å². The maximum atomic E-state index is 11.8. The molecule has 0 aromatic heterocycles. The second-order valence-corrected chi connectivity index (χ2v) is 5.49. The molecule has 0 saturated heterocycles. The van der Waals surface area contributed by atoms with E-state index < -0.39 is 0 Å². The average molecular weight is 253 g/mol. The number of carbonyl (C=O) groups is 1. The van der Waals surface area contributed by atoms with Crippen LogP contribution in [0.25, 0.3) is 0 Å². The van der Waals surface area contributed by atoms with Gasteiger partial charge in [0.15, 0.2) is 0 Å². The van der Waals surface area contributed by atoms with Crippen molar-refractivity contribution in [2.24, 2.45) is 0 Å². The number of aromatic hydroxyl groups is 1. The van der Waals surface area contributed by atoms with Crippen LogP contribution in [-0.4, -0.2) is 22.3 Å². The molecule has 17 heavy (non-hydrogen) atoms. The van der Waals surface area contributed by atoms with Crippen molar-refractivity contribution in [2.45, 2.75) is 43.4 Å². The third-order valence-corrected chi connectivity index (χ3v) is 3.63. The van der Waals surface area contributed by atoms with Crippen LogP contribution in [0.1, 0.15) is 27.2 Å². The Morgan fingerprint density at radius 2 is 1.94 bits per heavy atom. The van der Waals surface area contributed by atoms with E-state index in [1.54, 1.807) is 12.1 Å². The molecule has 0 aliphatic carbocycles. The number of phenols is 1. The summed E-state index contributed by atoms with van der Waals surface area (Å²) in [6.45, 7) is 5.92. The van der Waals surface area contributed by atoms with Crippen molar-refractivity contribution in [1.82, 2.24) is 5.32 Å². The Bertz CT molecular complexity index is 364. The highest BCUT2D eigenvalue weighted by molar-refractivity contribution is 8.00. The maximum Gasteiger partial charge on any atom is 0.233 e. The first-order valence-corrected chi connectivity index (χ1v) is 6.67. The van der Waals surface area contributed by atoms with Gasteiger partial charge in [-0.25, -0.2) is 0 Å². The largest absolute Gasteiger partial charge is 0.508 e. The highest BCUT2D eigenvalue weighted by Crippen LogP contribution is 2.25. The van der Waals surface area contributed by atoms with Crippen molar-refractivity contribution in [2.75, 3.05) is 0 Å². The molecule has 3 nitrogen and oxygen atoms in total. The molecule has 4 heteroatoms. The third kappa shape index (κ3) is 4.69. The monoisotopic (exact) mass is 253 g/mol.